The fourth-order valence-corrected chi connectivity index (χ4v) is 2.94. The molecule has 4 rings (SSSR count). The zero-order chi connectivity index (χ0) is 19.0. The molecule has 0 spiro atoms. The molecule has 136 valence electrons. The van der Waals surface area contributed by atoms with Crippen molar-refractivity contribution in [2.45, 2.75) is 6.54 Å². The molecule has 4 aromatic rings. The Balaban J connectivity index is 1.79. The standard InChI is InChI=1S/C19H14FN3O4/c1-26-16-7-6-12(8-13(16)20)18-21-19(27-22-18)15-9-11-4-2-3-5-14(11)23(15)10-17(24)25/h2-9H,10H2,1H3,(H,24,25). The van der Waals surface area contributed by atoms with Crippen LogP contribution in [0.5, 0.6) is 5.75 Å². The predicted molar refractivity (Wildman–Crippen MR) is 94.8 cm³/mol. The Bertz CT molecular complexity index is 1150. The number of methoxy groups -OCH3 is 1. The summed E-state index contributed by atoms with van der Waals surface area (Å²) < 4.78 is 25.7. The maximum absolute atomic E-state index is 13.9. The molecule has 7 nitrogen and oxygen atoms in total. The molecule has 0 aliphatic heterocycles. The quantitative estimate of drug-likeness (QED) is 0.580. The molecule has 27 heavy (non-hydrogen) atoms. The number of nitrogens with zero attached hydrogens (tertiary/aromatic N) is 3. The topological polar surface area (TPSA) is 90.4 Å². The third kappa shape index (κ3) is 3.01. The lowest BCUT2D eigenvalue weighted by atomic mass is 10.2. The van der Waals surface area contributed by atoms with E-state index >= 15 is 0 Å². The van der Waals surface area contributed by atoms with Gasteiger partial charge in [0.05, 0.1) is 7.11 Å². The largest absolute Gasteiger partial charge is 0.494 e. The van der Waals surface area contributed by atoms with Gasteiger partial charge in [-0.25, -0.2) is 4.39 Å². The summed E-state index contributed by atoms with van der Waals surface area (Å²) >= 11 is 0. The molecule has 0 aliphatic rings. The maximum Gasteiger partial charge on any atom is 0.323 e. The van der Waals surface area contributed by atoms with E-state index in [1.165, 1.54) is 19.2 Å². The van der Waals surface area contributed by atoms with E-state index in [2.05, 4.69) is 10.1 Å². The Morgan fingerprint density at radius 1 is 1.26 bits per heavy atom. The average Bonchev–Trinajstić information content (AvgIpc) is 3.27. The molecule has 2 aromatic heterocycles. The van der Waals surface area contributed by atoms with Crippen molar-refractivity contribution in [2.24, 2.45) is 0 Å². The summed E-state index contributed by atoms with van der Waals surface area (Å²) in [6, 6.07) is 13.5. The summed E-state index contributed by atoms with van der Waals surface area (Å²) in [7, 11) is 1.38. The number of aliphatic carboxylic acids is 1. The van der Waals surface area contributed by atoms with E-state index in [1.807, 2.05) is 24.3 Å². The number of hydrogen-bond acceptors (Lipinski definition) is 5. The molecular formula is C19H14FN3O4. The Hall–Kier alpha value is -3.68. The summed E-state index contributed by atoms with van der Waals surface area (Å²) in [5, 5.41) is 14.0. The zero-order valence-electron chi connectivity index (χ0n) is 14.2. The Morgan fingerprint density at radius 2 is 2.07 bits per heavy atom. The number of hydrogen-bond donors (Lipinski definition) is 1. The molecular weight excluding hydrogens is 353 g/mol. The molecule has 0 bridgehead atoms. The Morgan fingerprint density at radius 3 is 2.81 bits per heavy atom. The highest BCUT2D eigenvalue weighted by molar-refractivity contribution is 5.87. The minimum absolute atomic E-state index is 0.115. The van der Waals surface area contributed by atoms with Crippen LogP contribution in [0.2, 0.25) is 0 Å². The Kier molecular flexibility index (Phi) is 4.08. The molecule has 0 saturated heterocycles. The molecule has 0 amide bonds. The fourth-order valence-electron chi connectivity index (χ4n) is 2.94. The SMILES string of the molecule is COc1ccc(-c2noc(-c3cc4ccccc4n3CC(=O)O)n2)cc1F. The van der Waals surface area contributed by atoms with Gasteiger partial charge in [0.15, 0.2) is 11.6 Å². The van der Waals surface area contributed by atoms with Gasteiger partial charge >= 0.3 is 5.97 Å². The summed E-state index contributed by atoms with van der Waals surface area (Å²) in [5.74, 6) is -1.07. The third-order valence-corrected chi connectivity index (χ3v) is 4.16. The van der Waals surface area contributed by atoms with Crippen molar-refractivity contribution >= 4 is 16.9 Å². The second-order valence-corrected chi connectivity index (χ2v) is 5.84. The van der Waals surface area contributed by atoms with Crippen molar-refractivity contribution in [3.05, 3.63) is 54.3 Å². The lowest BCUT2D eigenvalue weighted by Gasteiger charge is -2.04. The molecule has 8 heteroatoms. The van der Waals surface area contributed by atoms with Crippen molar-refractivity contribution in [3.63, 3.8) is 0 Å². The molecule has 1 N–H and O–H groups in total. The highest BCUT2D eigenvalue weighted by Crippen LogP contribution is 2.30. The van der Waals surface area contributed by atoms with Crippen LogP contribution in [0.1, 0.15) is 0 Å². The molecule has 0 saturated carbocycles. The number of benzene rings is 2. The normalized spacial score (nSPS) is 11.0. The monoisotopic (exact) mass is 367 g/mol. The lowest BCUT2D eigenvalue weighted by Crippen LogP contribution is -2.09. The van der Waals surface area contributed by atoms with Crippen molar-refractivity contribution < 1.29 is 23.6 Å². The van der Waals surface area contributed by atoms with Gasteiger partial charge < -0.3 is 18.9 Å². The van der Waals surface area contributed by atoms with Crippen LogP contribution < -0.4 is 4.74 Å². The minimum Gasteiger partial charge on any atom is -0.494 e. The minimum atomic E-state index is -0.991. The van der Waals surface area contributed by atoms with Crippen LogP contribution in [0.4, 0.5) is 4.39 Å². The lowest BCUT2D eigenvalue weighted by molar-refractivity contribution is -0.137. The van der Waals surface area contributed by atoms with Gasteiger partial charge in [0, 0.05) is 16.5 Å². The van der Waals surface area contributed by atoms with Crippen molar-refractivity contribution in [1.82, 2.24) is 14.7 Å². The van der Waals surface area contributed by atoms with E-state index in [9.17, 15) is 14.3 Å². The first-order valence-corrected chi connectivity index (χ1v) is 8.05. The molecule has 0 unspecified atom stereocenters. The summed E-state index contributed by atoms with van der Waals surface area (Å²) in [5.41, 5.74) is 1.64. The van der Waals surface area contributed by atoms with Gasteiger partial charge in [0.1, 0.15) is 12.2 Å². The van der Waals surface area contributed by atoms with Gasteiger partial charge in [-0.05, 0) is 30.3 Å². The average molecular weight is 367 g/mol. The molecule has 2 heterocycles. The van der Waals surface area contributed by atoms with E-state index < -0.39 is 11.8 Å². The Labute approximate surface area is 152 Å². The van der Waals surface area contributed by atoms with Crippen LogP contribution >= 0.6 is 0 Å². The van der Waals surface area contributed by atoms with Crippen LogP contribution in [0.3, 0.4) is 0 Å². The summed E-state index contributed by atoms with van der Waals surface area (Å²) in [4.78, 5) is 15.6. The highest BCUT2D eigenvalue weighted by atomic mass is 19.1. The van der Waals surface area contributed by atoms with Crippen LogP contribution in [-0.4, -0.2) is 32.9 Å². The van der Waals surface area contributed by atoms with Gasteiger partial charge in [-0.1, -0.05) is 23.4 Å². The third-order valence-electron chi connectivity index (χ3n) is 4.16. The number of rotatable bonds is 5. The van der Waals surface area contributed by atoms with Crippen molar-refractivity contribution in [3.8, 4) is 28.7 Å². The van der Waals surface area contributed by atoms with Gasteiger partial charge in [-0.2, -0.15) is 4.98 Å². The molecule has 2 aromatic carbocycles. The summed E-state index contributed by atoms with van der Waals surface area (Å²) in [6.45, 7) is -0.252. The first-order chi connectivity index (χ1) is 13.1. The van der Waals surface area contributed by atoms with Crippen molar-refractivity contribution in [1.29, 1.82) is 0 Å². The second-order valence-electron chi connectivity index (χ2n) is 5.84. The van der Waals surface area contributed by atoms with E-state index in [0.29, 0.717) is 11.3 Å². The molecule has 0 radical (unpaired) electrons. The summed E-state index contributed by atoms with van der Waals surface area (Å²) in [6.07, 6.45) is 0. The van der Waals surface area contributed by atoms with E-state index in [4.69, 9.17) is 9.26 Å². The van der Waals surface area contributed by atoms with Crippen LogP contribution in [0.25, 0.3) is 33.9 Å². The second kappa shape index (κ2) is 6.56. The number of aromatic nitrogens is 3. The molecule has 0 fully saturated rings. The molecule has 0 aliphatic carbocycles. The number of carboxylic acids is 1. The number of carbonyl (C=O) groups is 1. The van der Waals surface area contributed by atoms with Crippen molar-refractivity contribution in [2.75, 3.05) is 7.11 Å². The first-order valence-electron chi connectivity index (χ1n) is 8.05. The van der Waals surface area contributed by atoms with E-state index in [0.717, 1.165) is 10.9 Å². The number of halogens is 1. The van der Waals surface area contributed by atoms with E-state index in [-0.39, 0.29) is 24.0 Å². The van der Waals surface area contributed by atoms with Gasteiger partial charge in [0.2, 0.25) is 5.82 Å². The molecule has 0 atom stereocenters. The van der Waals surface area contributed by atoms with E-state index in [1.54, 1.807) is 16.7 Å². The van der Waals surface area contributed by atoms with Crippen LogP contribution in [0.15, 0.2) is 53.1 Å². The fraction of sp³-hybridized carbons (Fsp3) is 0.105. The zero-order valence-corrected chi connectivity index (χ0v) is 14.2. The first kappa shape index (κ1) is 16.8. The maximum atomic E-state index is 13.9. The van der Waals surface area contributed by atoms with Crippen LogP contribution in [0, 0.1) is 5.82 Å². The highest BCUT2D eigenvalue weighted by Gasteiger charge is 2.19. The van der Waals surface area contributed by atoms with Gasteiger partial charge in [0.25, 0.3) is 5.89 Å². The van der Waals surface area contributed by atoms with Crippen LogP contribution in [-0.2, 0) is 11.3 Å². The number of ether oxygens (including phenoxy) is 1. The van der Waals surface area contributed by atoms with Gasteiger partial charge in [-0.3, -0.25) is 4.79 Å². The predicted octanol–water partition coefficient (Wildman–Crippen LogP) is 3.59. The number of para-hydroxylation sites is 1. The number of carboxylic acid groups (broad SMARTS) is 1. The van der Waals surface area contributed by atoms with Gasteiger partial charge in [-0.15, -0.1) is 0 Å². The number of fused-ring (bicyclic) bond motifs is 1. The smallest absolute Gasteiger partial charge is 0.323 e.